The normalized spacial score (nSPS) is 20.6. The maximum absolute atomic E-state index is 11.4. The van der Waals surface area contributed by atoms with E-state index in [0.717, 1.165) is 5.69 Å². The van der Waals surface area contributed by atoms with Gasteiger partial charge in [0.2, 0.25) is 11.8 Å². The minimum atomic E-state index is -0.312. The first-order valence-corrected chi connectivity index (χ1v) is 5.07. The van der Waals surface area contributed by atoms with Crippen molar-refractivity contribution < 1.29 is 9.59 Å². The lowest BCUT2D eigenvalue weighted by atomic mass is 10.1. The Balaban J connectivity index is 1.87. The van der Waals surface area contributed by atoms with Gasteiger partial charge in [0, 0.05) is 19.2 Å². The van der Waals surface area contributed by atoms with Crippen molar-refractivity contribution in [2.45, 2.75) is 25.4 Å². The smallest absolute Gasteiger partial charge is 0.243 e. The first kappa shape index (κ1) is 10.7. The number of carbonyl (C=O) groups excluding carboxylic acids is 2. The maximum Gasteiger partial charge on any atom is 0.243 e. The Labute approximate surface area is 92.5 Å². The molecule has 0 bridgehead atoms. The van der Waals surface area contributed by atoms with Crippen molar-refractivity contribution in [1.82, 2.24) is 20.6 Å². The van der Waals surface area contributed by atoms with E-state index in [2.05, 4.69) is 20.6 Å². The number of hydrogen-bond acceptors (Lipinski definition) is 5. The molecule has 2 rings (SSSR count). The van der Waals surface area contributed by atoms with E-state index in [9.17, 15) is 9.59 Å². The molecule has 1 fully saturated rings. The van der Waals surface area contributed by atoms with Gasteiger partial charge in [0.1, 0.15) is 6.33 Å². The number of piperidine rings is 1. The van der Waals surface area contributed by atoms with Crippen LogP contribution in [-0.4, -0.2) is 27.8 Å². The van der Waals surface area contributed by atoms with E-state index < -0.39 is 0 Å². The zero-order valence-corrected chi connectivity index (χ0v) is 8.64. The van der Waals surface area contributed by atoms with Gasteiger partial charge in [-0.2, -0.15) is 0 Å². The van der Waals surface area contributed by atoms with Crippen molar-refractivity contribution in [3.05, 3.63) is 24.3 Å². The second-order valence-electron chi connectivity index (χ2n) is 3.59. The summed E-state index contributed by atoms with van der Waals surface area (Å²) in [6.45, 7) is 0.495. The molecule has 0 radical (unpaired) electrons. The summed E-state index contributed by atoms with van der Waals surface area (Å²) in [6, 6.07) is 1.46. The topological polar surface area (TPSA) is 84.0 Å². The Morgan fingerprint density at radius 3 is 3.06 bits per heavy atom. The summed E-state index contributed by atoms with van der Waals surface area (Å²) >= 11 is 0. The van der Waals surface area contributed by atoms with Gasteiger partial charge in [-0.15, -0.1) is 0 Å². The Kier molecular flexibility index (Phi) is 3.21. The lowest BCUT2D eigenvalue weighted by molar-refractivity contribution is -0.134. The molecule has 84 valence electrons. The highest BCUT2D eigenvalue weighted by Gasteiger charge is 2.25. The molecule has 1 aromatic heterocycles. The summed E-state index contributed by atoms with van der Waals surface area (Å²) in [5.74, 6) is -0.463. The molecule has 0 aromatic carbocycles. The van der Waals surface area contributed by atoms with Crippen LogP contribution in [0, 0.1) is 0 Å². The second kappa shape index (κ2) is 4.80. The van der Waals surface area contributed by atoms with Crippen LogP contribution in [0.1, 0.15) is 18.5 Å². The van der Waals surface area contributed by atoms with Crippen molar-refractivity contribution in [2.24, 2.45) is 0 Å². The Hall–Kier alpha value is -1.82. The number of imide groups is 1. The van der Waals surface area contributed by atoms with E-state index in [0.29, 0.717) is 19.4 Å². The van der Waals surface area contributed by atoms with E-state index in [1.54, 1.807) is 12.3 Å². The van der Waals surface area contributed by atoms with Gasteiger partial charge in [0.15, 0.2) is 0 Å². The van der Waals surface area contributed by atoms with Crippen LogP contribution in [0.25, 0.3) is 0 Å². The summed E-state index contributed by atoms with van der Waals surface area (Å²) in [7, 11) is 0. The Morgan fingerprint density at radius 2 is 2.38 bits per heavy atom. The zero-order valence-electron chi connectivity index (χ0n) is 8.64. The molecule has 2 heterocycles. The van der Waals surface area contributed by atoms with Gasteiger partial charge >= 0.3 is 0 Å². The number of hydrogen-bond donors (Lipinski definition) is 2. The van der Waals surface area contributed by atoms with Crippen LogP contribution in [0.3, 0.4) is 0 Å². The maximum atomic E-state index is 11.4. The summed E-state index contributed by atoms with van der Waals surface area (Å²) in [4.78, 5) is 30.1. The van der Waals surface area contributed by atoms with Crippen molar-refractivity contribution in [2.75, 3.05) is 0 Å². The molecule has 2 amide bonds. The summed E-state index contributed by atoms with van der Waals surface area (Å²) < 4.78 is 0. The van der Waals surface area contributed by atoms with Crippen molar-refractivity contribution in [3.8, 4) is 0 Å². The molecule has 6 heteroatoms. The van der Waals surface area contributed by atoms with Crippen LogP contribution in [-0.2, 0) is 16.1 Å². The first-order valence-electron chi connectivity index (χ1n) is 5.07. The molecule has 0 aliphatic carbocycles. The van der Waals surface area contributed by atoms with Gasteiger partial charge in [-0.3, -0.25) is 14.9 Å². The van der Waals surface area contributed by atoms with Gasteiger partial charge in [-0.25, -0.2) is 9.97 Å². The largest absolute Gasteiger partial charge is 0.300 e. The minimum absolute atomic E-state index is 0.204. The van der Waals surface area contributed by atoms with E-state index in [-0.39, 0.29) is 17.9 Å². The van der Waals surface area contributed by atoms with Gasteiger partial charge in [-0.1, -0.05) is 0 Å². The average molecular weight is 220 g/mol. The van der Waals surface area contributed by atoms with Gasteiger partial charge in [0.05, 0.1) is 11.7 Å². The highest BCUT2D eigenvalue weighted by molar-refractivity contribution is 6.00. The van der Waals surface area contributed by atoms with Gasteiger partial charge in [0.25, 0.3) is 0 Å². The molecule has 2 N–H and O–H groups in total. The molecule has 6 nitrogen and oxygen atoms in total. The third-order valence-corrected chi connectivity index (χ3v) is 2.41. The third-order valence-electron chi connectivity index (χ3n) is 2.41. The second-order valence-corrected chi connectivity index (χ2v) is 3.59. The molecule has 1 aromatic rings. The summed E-state index contributed by atoms with van der Waals surface area (Å²) in [6.07, 6.45) is 4.03. The fourth-order valence-electron chi connectivity index (χ4n) is 1.54. The molecule has 1 unspecified atom stereocenters. The number of nitrogens with one attached hydrogen (secondary N) is 2. The molecule has 16 heavy (non-hydrogen) atoms. The standard InChI is InChI=1S/C10H12N4O2/c15-9-2-1-8(10(16)14-9)12-5-7-3-4-11-6-13-7/h3-4,6,8,12H,1-2,5H2,(H,14,15,16). The summed E-state index contributed by atoms with van der Waals surface area (Å²) in [5, 5.41) is 5.35. The summed E-state index contributed by atoms with van der Waals surface area (Å²) in [5.41, 5.74) is 0.819. The lowest BCUT2D eigenvalue weighted by Crippen LogP contribution is -2.50. The number of aromatic nitrogens is 2. The molecule has 1 aliphatic heterocycles. The van der Waals surface area contributed by atoms with Crippen LogP contribution >= 0.6 is 0 Å². The molecule has 1 aliphatic rings. The molecule has 1 atom stereocenters. The van der Waals surface area contributed by atoms with Crippen molar-refractivity contribution in [1.29, 1.82) is 0 Å². The lowest BCUT2D eigenvalue weighted by Gasteiger charge is -2.21. The fourth-order valence-corrected chi connectivity index (χ4v) is 1.54. The zero-order chi connectivity index (χ0) is 11.4. The monoisotopic (exact) mass is 220 g/mol. The van der Waals surface area contributed by atoms with Gasteiger partial charge < -0.3 is 5.32 Å². The SMILES string of the molecule is O=C1CCC(NCc2ccncn2)C(=O)N1. The van der Waals surface area contributed by atoms with Crippen LogP contribution in [0.5, 0.6) is 0 Å². The predicted molar refractivity (Wildman–Crippen MR) is 55.0 cm³/mol. The van der Waals surface area contributed by atoms with E-state index in [1.165, 1.54) is 6.33 Å². The predicted octanol–water partition coefficient (Wildman–Crippen LogP) is -0.629. The molecule has 1 saturated heterocycles. The van der Waals surface area contributed by atoms with Crippen LogP contribution < -0.4 is 10.6 Å². The number of nitrogens with zero attached hydrogens (tertiary/aromatic N) is 2. The minimum Gasteiger partial charge on any atom is -0.300 e. The van der Waals surface area contributed by atoms with Crippen LogP contribution in [0.4, 0.5) is 0 Å². The van der Waals surface area contributed by atoms with E-state index >= 15 is 0 Å². The number of amides is 2. The first-order chi connectivity index (χ1) is 7.75. The van der Waals surface area contributed by atoms with E-state index in [4.69, 9.17) is 0 Å². The van der Waals surface area contributed by atoms with E-state index in [1.807, 2.05) is 0 Å². The molecular weight excluding hydrogens is 208 g/mol. The highest BCUT2D eigenvalue weighted by atomic mass is 16.2. The van der Waals surface area contributed by atoms with Gasteiger partial charge in [-0.05, 0) is 12.5 Å². The number of carbonyl (C=O) groups is 2. The van der Waals surface area contributed by atoms with Crippen molar-refractivity contribution in [3.63, 3.8) is 0 Å². The molecule has 0 spiro atoms. The average Bonchev–Trinajstić information content (AvgIpc) is 2.29. The number of rotatable bonds is 3. The third kappa shape index (κ3) is 2.60. The highest BCUT2D eigenvalue weighted by Crippen LogP contribution is 2.04. The Bertz CT molecular complexity index is 393. The quantitative estimate of drug-likeness (QED) is 0.663. The Morgan fingerprint density at radius 1 is 1.50 bits per heavy atom. The fraction of sp³-hybridized carbons (Fsp3) is 0.400. The molecular formula is C10H12N4O2. The van der Waals surface area contributed by atoms with Crippen LogP contribution in [0.2, 0.25) is 0 Å². The molecule has 0 saturated carbocycles. The van der Waals surface area contributed by atoms with Crippen LogP contribution in [0.15, 0.2) is 18.6 Å². The van der Waals surface area contributed by atoms with Crippen molar-refractivity contribution >= 4 is 11.8 Å².